The van der Waals surface area contributed by atoms with Crippen molar-refractivity contribution in [2.45, 2.75) is 19.9 Å². The maximum atomic E-state index is 13.5. The van der Waals surface area contributed by atoms with Crippen molar-refractivity contribution >= 4 is 11.4 Å². The van der Waals surface area contributed by atoms with Crippen LogP contribution in [0.15, 0.2) is 36.4 Å². The summed E-state index contributed by atoms with van der Waals surface area (Å²) in [5.41, 5.74) is 8.11. The van der Waals surface area contributed by atoms with E-state index in [0.717, 1.165) is 5.56 Å². The molecular weight excluding hydrogens is 246 g/mol. The summed E-state index contributed by atoms with van der Waals surface area (Å²) in [6, 6.07) is 9.12. The summed E-state index contributed by atoms with van der Waals surface area (Å²) < 4.78 is 26.5. The molecule has 2 aromatic rings. The highest BCUT2D eigenvalue weighted by Crippen LogP contribution is 2.25. The minimum atomic E-state index is -0.378. The van der Waals surface area contributed by atoms with Gasteiger partial charge in [-0.05, 0) is 49.2 Å². The van der Waals surface area contributed by atoms with E-state index in [9.17, 15) is 8.78 Å². The van der Waals surface area contributed by atoms with Crippen LogP contribution in [0, 0.1) is 18.6 Å². The van der Waals surface area contributed by atoms with Gasteiger partial charge in [-0.2, -0.15) is 0 Å². The van der Waals surface area contributed by atoms with Gasteiger partial charge in [0.25, 0.3) is 0 Å². The number of halogens is 2. The molecule has 2 nitrogen and oxygen atoms in total. The summed E-state index contributed by atoms with van der Waals surface area (Å²) in [6.07, 6.45) is 0. The highest BCUT2D eigenvalue weighted by Gasteiger charge is 2.09. The Bertz CT molecular complexity index is 597. The number of nitrogen functional groups attached to an aromatic ring is 1. The third kappa shape index (κ3) is 3.02. The van der Waals surface area contributed by atoms with Gasteiger partial charge in [-0.3, -0.25) is 0 Å². The molecule has 0 heterocycles. The summed E-state index contributed by atoms with van der Waals surface area (Å²) in [5, 5.41) is 3.14. The summed E-state index contributed by atoms with van der Waals surface area (Å²) >= 11 is 0. The number of anilines is 2. The van der Waals surface area contributed by atoms with Crippen LogP contribution >= 0.6 is 0 Å². The molecule has 4 heteroatoms. The molecule has 0 aliphatic heterocycles. The van der Waals surface area contributed by atoms with Gasteiger partial charge >= 0.3 is 0 Å². The lowest BCUT2D eigenvalue weighted by Crippen LogP contribution is -2.09. The van der Waals surface area contributed by atoms with Gasteiger partial charge in [-0.15, -0.1) is 0 Å². The Morgan fingerprint density at radius 2 is 1.84 bits per heavy atom. The molecule has 19 heavy (non-hydrogen) atoms. The van der Waals surface area contributed by atoms with E-state index in [1.54, 1.807) is 19.1 Å². The molecule has 100 valence electrons. The van der Waals surface area contributed by atoms with Gasteiger partial charge < -0.3 is 11.1 Å². The first-order valence-electron chi connectivity index (χ1n) is 6.05. The van der Waals surface area contributed by atoms with Crippen molar-refractivity contribution in [3.05, 3.63) is 59.2 Å². The third-order valence-electron chi connectivity index (χ3n) is 3.08. The van der Waals surface area contributed by atoms with Crippen LogP contribution in [0.1, 0.15) is 24.1 Å². The van der Waals surface area contributed by atoms with Crippen LogP contribution in [0.5, 0.6) is 0 Å². The molecule has 0 aliphatic rings. The Kier molecular flexibility index (Phi) is 3.69. The van der Waals surface area contributed by atoms with Crippen LogP contribution in [0.2, 0.25) is 0 Å². The second-order valence-electron chi connectivity index (χ2n) is 4.61. The molecule has 2 aromatic carbocycles. The Labute approximate surface area is 111 Å². The van der Waals surface area contributed by atoms with Gasteiger partial charge in [0, 0.05) is 6.04 Å². The third-order valence-corrected chi connectivity index (χ3v) is 3.08. The molecule has 3 N–H and O–H groups in total. The molecule has 0 amide bonds. The zero-order chi connectivity index (χ0) is 14.0. The van der Waals surface area contributed by atoms with Gasteiger partial charge in [-0.1, -0.05) is 12.1 Å². The fourth-order valence-corrected chi connectivity index (χ4v) is 1.86. The molecule has 1 unspecified atom stereocenters. The van der Waals surface area contributed by atoms with Gasteiger partial charge in [0.1, 0.15) is 11.6 Å². The van der Waals surface area contributed by atoms with E-state index in [1.807, 2.05) is 13.0 Å². The Balaban J connectivity index is 2.20. The van der Waals surface area contributed by atoms with Crippen molar-refractivity contribution in [3.8, 4) is 0 Å². The lowest BCUT2D eigenvalue weighted by atomic mass is 10.1. The van der Waals surface area contributed by atoms with Gasteiger partial charge in [0.2, 0.25) is 0 Å². The van der Waals surface area contributed by atoms with Crippen LogP contribution in [0.25, 0.3) is 0 Å². The maximum absolute atomic E-state index is 13.5. The largest absolute Gasteiger partial charge is 0.397 e. The summed E-state index contributed by atoms with van der Waals surface area (Å²) in [6.45, 7) is 3.61. The molecule has 0 aromatic heterocycles. The second-order valence-corrected chi connectivity index (χ2v) is 4.61. The molecule has 1 atom stereocenters. The number of hydrogen-bond donors (Lipinski definition) is 2. The molecule has 0 bridgehead atoms. The first-order chi connectivity index (χ1) is 8.97. The zero-order valence-electron chi connectivity index (χ0n) is 10.9. The van der Waals surface area contributed by atoms with Crippen molar-refractivity contribution in [2.75, 3.05) is 11.1 Å². The van der Waals surface area contributed by atoms with Crippen LogP contribution in [0.3, 0.4) is 0 Å². The van der Waals surface area contributed by atoms with Gasteiger partial charge in [0.15, 0.2) is 0 Å². The van der Waals surface area contributed by atoms with Crippen molar-refractivity contribution in [3.63, 3.8) is 0 Å². The number of aryl methyl sites for hydroxylation is 1. The lowest BCUT2D eigenvalue weighted by Gasteiger charge is -2.17. The molecule has 0 aliphatic carbocycles. The van der Waals surface area contributed by atoms with Crippen molar-refractivity contribution in [1.82, 2.24) is 0 Å². The fraction of sp³-hybridized carbons (Fsp3) is 0.200. The van der Waals surface area contributed by atoms with E-state index in [-0.39, 0.29) is 17.7 Å². The number of rotatable bonds is 3. The Morgan fingerprint density at radius 3 is 2.47 bits per heavy atom. The van der Waals surface area contributed by atoms with Crippen LogP contribution < -0.4 is 11.1 Å². The average molecular weight is 262 g/mol. The minimum absolute atomic E-state index is 0.122. The van der Waals surface area contributed by atoms with E-state index < -0.39 is 0 Å². The smallest absolute Gasteiger partial charge is 0.126 e. The molecule has 2 rings (SSSR count). The SMILES string of the molecule is Cc1ccc(C(C)Nc2ccc(F)cc2N)cc1F. The predicted molar refractivity (Wildman–Crippen MR) is 74.0 cm³/mol. The number of nitrogens with two attached hydrogens (primary N) is 1. The highest BCUT2D eigenvalue weighted by molar-refractivity contribution is 5.66. The van der Waals surface area contributed by atoms with Crippen LogP contribution in [-0.4, -0.2) is 0 Å². The molecular formula is C15H16F2N2. The predicted octanol–water partition coefficient (Wildman–Crippen LogP) is 4.03. The van der Waals surface area contributed by atoms with E-state index in [2.05, 4.69) is 5.32 Å². The number of benzene rings is 2. The molecule has 0 spiro atoms. The van der Waals surface area contributed by atoms with Crippen LogP contribution in [0.4, 0.5) is 20.2 Å². The Hall–Kier alpha value is -2.10. The zero-order valence-corrected chi connectivity index (χ0v) is 10.9. The van der Waals surface area contributed by atoms with Gasteiger partial charge in [-0.25, -0.2) is 8.78 Å². The molecule has 0 fully saturated rings. The quantitative estimate of drug-likeness (QED) is 0.820. The minimum Gasteiger partial charge on any atom is -0.397 e. The molecule has 0 saturated carbocycles. The summed E-state index contributed by atoms with van der Waals surface area (Å²) in [4.78, 5) is 0. The monoisotopic (exact) mass is 262 g/mol. The number of hydrogen-bond acceptors (Lipinski definition) is 2. The summed E-state index contributed by atoms with van der Waals surface area (Å²) in [7, 11) is 0. The normalized spacial score (nSPS) is 12.2. The van der Waals surface area contributed by atoms with Crippen molar-refractivity contribution in [1.29, 1.82) is 0 Å². The summed E-state index contributed by atoms with van der Waals surface area (Å²) in [5.74, 6) is -0.615. The first kappa shape index (κ1) is 13.3. The van der Waals surface area contributed by atoms with E-state index >= 15 is 0 Å². The highest BCUT2D eigenvalue weighted by atomic mass is 19.1. The fourth-order valence-electron chi connectivity index (χ4n) is 1.86. The maximum Gasteiger partial charge on any atom is 0.126 e. The Morgan fingerprint density at radius 1 is 1.11 bits per heavy atom. The van der Waals surface area contributed by atoms with Crippen molar-refractivity contribution in [2.24, 2.45) is 0 Å². The topological polar surface area (TPSA) is 38.0 Å². The first-order valence-corrected chi connectivity index (χ1v) is 6.05. The van der Waals surface area contributed by atoms with E-state index in [0.29, 0.717) is 16.9 Å². The number of nitrogens with one attached hydrogen (secondary N) is 1. The lowest BCUT2D eigenvalue weighted by molar-refractivity contribution is 0.614. The van der Waals surface area contributed by atoms with Crippen molar-refractivity contribution < 1.29 is 8.78 Å². The second kappa shape index (κ2) is 5.26. The standard InChI is InChI=1S/C15H16F2N2/c1-9-3-4-11(7-13(9)17)10(2)19-15-6-5-12(16)8-14(15)18/h3-8,10,19H,18H2,1-2H3. The van der Waals surface area contributed by atoms with Crippen LogP contribution in [-0.2, 0) is 0 Å². The molecule has 0 radical (unpaired) electrons. The van der Waals surface area contributed by atoms with E-state index in [4.69, 9.17) is 5.73 Å². The van der Waals surface area contributed by atoms with Gasteiger partial charge in [0.05, 0.1) is 11.4 Å². The average Bonchev–Trinajstić information content (AvgIpc) is 2.36. The molecule has 0 saturated heterocycles. The van der Waals surface area contributed by atoms with E-state index in [1.165, 1.54) is 18.2 Å².